The van der Waals surface area contributed by atoms with Gasteiger partial charge in [0.2, 0.25) is 0 Å². The van der Waals surface area contributed by atoms with Gasteiger partial charge in [0.15, 0.2) is 0 Å². The van der Waals surface area contributed by atoms with Crippen molar-refractivity contribution in [3.63, 3.8) is 0 Å². The molecule has 0 aliphatic heterocycles. The van der Waals surface area contributed by atoms with Gasteiger partial charge in [0, 0.05) is 16.5 Å². The summed E-state index contributed by atoms with van der Waals surface area (Å²) in [7, 11) is 0. The average Bonchev–Trinajstić information content (AvgIpc) is 2.50. The fourth-order valence-corrected chi connectivity index (χ4v) is 3.59. The van der Waals surface area contributed by atoms with Gasteiger partial charge in [-0.05, 0) is 36.8 Å². The Kier molecular flexibility index (Phi) is 5.07. The zero-order valence-electron chi connectivity index (χ0n) is 12.6. The Hall–Kier alpha value is -1.26. The molecule has 7 heteroatoms. The molecule has 1 heterocycles. The summed E-state index contributed by atoms with van der Waals surface area (Å²) in [5, 5.41) is 1.94. The molecule has 0 aliphatic carbocycles. The van der Waals surface area contributed by atoms with Gasteiger partial charge in [-0.1, -0.05) is 53.3 Å². The minimum absolute atomic E-state index is 0.267. The van der Waals surface area contributed by atoms with Gasteiger partial charge in [-0.25, -0.2) is 4.98 Å². The van der Waals surface area contributed by atoms with Gasteiger partial charge in [-0.3, -0.25) is 9.36 Å². The summed E-state index contributed by atoms with van der Waals surface area (Å²) in [6, 6.07) is 8.11. The highest BCUT2D eigenvalue weighted by Gasteiger charge is 2.17. The Labute approximate surface area is 158 Å². The molecule has 3 nitrogen and oxygen atoms in total. The van der Waals surface area contributed by atoms with Crippen molar-refractivity contribution >= 4 is 57.3 Å². The molecular formula is C17H12Cl4N2O. The molecule has 0 spiro atoms. The molecular weight excluding hydrogens is 390 g/mol. The van der Waals surface area contributed by atoms with Gasteiger partial charge in [-0.2, -0.15) is 0 Å². The number of nitrogens with zero attached hydrogens (tertiary/aromatic N) is 2. The first-order valence-electron chi connectivity index (χ1n) is 7.28. The number of halogens is 4. The van der Waals surface area contributed by atoms with Crippen LogP contribution in [0.4, 0.5) is 0 Å². The molecule has 0 radical (unpaired) electrons. The van der Waals surface area contributed by atoms with Crippen LogP contribution in [0.15, 0.2) is 35.1 Å². The molecule has 1 aromatic heterocycles. The van der Waals surface area contributed by atoms with E-state index in [-0.39, 0.29) is 5.56 Å². The SMILES string of the molecule is CCCc1nc2c(Cl)cc(Cl)cc2c(=O)n1-c1ccc(Cl)cc1Cl. The van der Waals surface area contributed by atoms with Crippen molar-refractivity contribution in [2.45, 2.75) is 19.8 Å². The fraction of sp³-hybridized carbons (Fsp3) is 0.176. The third-order valence-electron chi connectivity index (χ3n) is 3.58. The van der Waals surface area contributed by atoms with Crippen molar-refractivity contribution in [3.05, 3.63) is 66.6 Å². The molecule has 0 saturated carbocycles. The van der Waals surface area contributed by atoms with E-state index < -0.39 is 0 Å². The molecule has 24 heavy (non-hydrogen) atoms. The topological polar surface area (TPSA) is 34.9 Å². The smallest absolute Gasteiger partial charge is 0.266 e. The third-order valence-corrected chi connectivity index (χ3v) is 4.63. The standard InChI is InChI=1S/C17H12Cl4N2O/c1-2-3-15-22-16-11(6-10(19)8-13(16)21)17(24)23(15)14-5-4-9(18)7-12(14)20/h4-8H,2-3H2,1H3. The van der Waals surface area contributed by atoms with Crippen LogP contribution >= 0.6 is 46.4 Å². The van der Waals surface area contributed by atoms with Crippen LogP contribution in [-0.2, 0) is 6.42 Å². The molecule has 3 rings (SSSR count). The molecule has 0 bridgehead atoms. The van der Waals surface area contributed by atoms with Gasteiger partial charge in [0.05, 0.1) is 26.6 Å². The molecule has 0 atom stereocenters. The number of hydrogen-bond acceptors (Lipinski definition) is 2. The van der Waals surface area contributed by atoms with Gasteiger partial charge in [0.1, 0.15) is 5.82 Å². The largest absolute Gasteiger partial charge is 0.268 e. The Morgan fingerprint density at radius 3 is 2.38 bits per heavy atom. The molecule has 0 unspecified atom stereocenters. The predicted molar refractivity (Wildman–Crippen MR) is 101 cm³/mol. The lowest BCUT2D eigenvalue weighted by Gasteiger charge is -2.15. The van der Waals surface area contributed by atoms with Gasteiger partial charge < -0.3 is 0 Å². The molecule has 0 amide bonds. The van der Waals surface area contributed by atoms with E-state index in [9.17, 15) is 4.79 Å². The second-order valence-corrected chi connectivity index (χ2v) is 6.99. The van der Waals surface area contributed by atoms with E-state index in [1.807, 2.05) is 6.92 Å². The normalized spacial score (nSPS) is 11.2. The van der Waals surface area contributed by atoms with E-state index in [0.29, 0.717) is 48.9 Å². The molecule has 0 N–H and O–H groups in total. The van der Waals surface area contributed by atoms with Crippen LogP contribution in [0.2, 0.25) is 20.1 Å². The van der Waals surface area contributed by atoms with Crippen molar-refractivity contribution in [1.82, 2.24) is 9.55 Å². The predicted octanol–water partition coefficient (Wildman–Crippen LogP) is 5.95. The van der Waals surface area contributed by atoms with Crippen LogP contribution in [0.1, 0.15) is 19.2 Å². The van der Waals surface area contributed by atoms with Crippen molar-refractivity contribution in [1.29, 1.82) is 0 Å². The van der Waals surface area contributed by atoms with Crippen LogP contribution in [0.25, 0.3) is 16.6 Å². The number of fused-ring (bicyclic) bond motifs is 1. The molecule has 2 aromatic carbocycles. The van der Waals surface area contributed by atoms with Crippen molar-refractivity contribution in [3.8, 4) is 5.69 Å². The number of hydrogen-bond donors (Lipinski definition) is 0. The maximum absolute atomic E-state index is 13.1. The van der Waals surface area contributed by atoms with E-state index in [1.165, 1.54) is 4.57 Å². The summed E-state index contributed by atoms with van der Waals surface area (Å²) in [4.78, 5) is 17.7. The van der Waals surface area contributed by atoms with Crippen molar-refractivity contribution in [2.75, 3.05) is 0 Å². The monoisotopic (exact) mass is 400 g/mol. The van der Waals surface area contributed by atoms with E-state index in [2.05, 4.69) is 4.98 Å². The second-order valence-electron chi connectivity index (χ2n) is 5.30. The van der Waals surface area contributed by atoms with Gasteiger partial charge in [-0.15, -0.1) is 0 Å². The Bertz CT molecular complexity index is 998. The lowest BCUT2D eigenvalue weighted by molar-refractivity contribution is 0.774. The van der Waals surface area contributed by atoms with E-state index in [1.54, 1.807) is 30.3 Å². The quantitative estimate of drug-likeness (QED) is 0.543. The fourth-order valence-electron chi connectivity index (χ4n) is 2.56. The first-order valence-corrected chi connectivity index (χ1v) is 8.79. The molecule has 0 saturated heterocycles. The second kappa shape index (κ2) is 6.93. The minimum atomic E-state index is -0.267. The molecule has 124 valence electrons. The van der Waals surface area contributed by atoms with Gasteiger partial charge >= 0.3 is 0 Å². The number of rotatable bonds is 3. The zero-order valence-corrected chi connectivity index (χ0v) is 15.6. The number of aromatic nitrogens is 2. The van der Waals surface area contributed by atoms with E-state index >= 15 is 0 Å². The first-order chi connectivity index (χ1) is 11.4. The summed E-state index contributed by atoms with van der Waals surface area (Å²) in [5.74, 6) is 0.587. The first kappa shape index (κ1) is 17.6. The van der Waals surface area contributed by atoms with E-state index in [4.69, 9.17) is 46.4 Å². The maximum Gasteiger partial charge on any atom is 0.266 e. The summed E-state index contributed by atoms with van der Waals surface area (Å²) >= 11 is 24.5. The third kappa shape index (κ3) is 3.14. The summed E-state index contributed by atoms with van der Waals surface area (Å²) in [6.07, 6.45) is 1.41. The minimum Gasteiger partial charge on any atom is -0.268 e. The summed E-state index contributed by atoms with van der Waals surface area (Å²) < 4.78 is 1.50. The van der Waals surface area contributed by atoms with Crippen LogP contribution in [-0.4, -0.2) is 9.55 Å². The molecule has 3 aromatic rings. The maximum atomic E-state index is 13.1. The lowest BCUT2D eigenvalue weighted by atomic mass is 10.2. The van der Waals surface area contributed by atoms with Crippen LogP contribution in [0.5, 0.6) is 0 Å². The lowest BCUT2D eigenvalue weighted by Crippen LogP contribution is -2.24. The number of aryl methyl sites for hydroxylation is 1. The van der Waals surface area contributed by atoms with Crippen molar-refractivity contribution < 1.29 is 0 Å². The highest BCUT2D eigenvalue weighted by atomic mass is 35.5. The van der Waals surface area contributed by atoms with Crippen molar-refractivity contribution in [2.24, 2.45) is 0 Å². The van der Waals surface area contributed by atoms with E-state index in [0.717, 1.165) is 6.42 Å². The average molecular weight is 402 g/mol. The Morgan fingerprint density at radius 2 is 1.71 bits per heavy atom. The molecule has 0 fully saturated rings. The Morgan fingerprint density at radius 1 is 1.00 bits per heavy atom. The van der Waals surface area contributed by atoms with Crippen LogP contribution in [0, 0.1) is 0 Å². The highest BCUT2D eigenvalue weighted by molar-refractivity contribution is 6.38. The molecule has 0 aliphatic rings. The van der Waals surface area contributed by atoms with Gasteiger partial charge in [0.25, 0.3) is 5.56 Å². The zero-order chi connectivity index (χ0) is 17.4. The summed E-state index contributed by atoms with van der Waals surface area (Å²) in [6.45, 7) is 2.01. The summed E-state index contributed by atoms with van der Waals surface area (Å²) in [5.41, 5.74) is 0.702. The highest BCUT2D eigenvalue weighted by Crippen LogP contribution is 2.28. The Balaban J connectivity index is 2.43. The van der Waals surface area contributed by atoms with Crippen LogP contribution in [0.3, 0.4) is 0 Å². The number of benzene rings is 2. The van der Waals surface area contributed by atoms with Crippen LogP contribution < -0.4 is 5.56 Å².